The van der Waals surface area contributed by atoms with Crippen molar-refractivity contribution in [1.29, 1.82) is 0 Å². The van der Waals surface area contributed by atoms with Crippen LogP contribution in [0.3, 0.4) is 0 Å². The van der Waals surface area contributed by atoms with Gasteiger partial charge < -0.3 is 5.11 Å². The third-order valence-corrected chi connectivity index (χ3v) is 3.58. The molecule has 2 amide bonds. The lowest BCUT2D eigenvalue weighted by atomic mass is 9.83. The molecular formula is C14H13NO3. The van der Waals surface area contributed by atoms with Crippen molar-refractivity contribution < 1.29 is 14.7 Å². The molecule has 0 saturated carbocycles. The average molecular weight is 243 g/mol. The van der Waals surface area contributed by atoms with Gasteiger partial charge in [0, 0.05) is 0 Å². The zero-order chi connectivity index (χ0) is 12.7. The Hall–Kier alpha value is -1.94. The molecule has 3 rings (SSSR count). The van der Waals surface area contributed by atoms with Crippen molar-refractivity contribution in [2.24, 2.45) is 11.8 Å². The third-order valence-electron chi connectivity index (χ3n) is 3.58. The summed E-state index contributed by atoms with van der Waals surface area (Å²) < 4.78 is 0. The second kappa shape index (κ2) is 4.07. The van der Waals surface area contributed by atoms with Gasteiger partial charge >= 0.3 is 0 Å². The molecule has 1 heterocycles. The van der Waals surface area contributed by atoms with Crippen LogP contribution in [0.1, 0.15) is 6.42 Å². The first kappa shape index (κ1) is 11.2. The molecule has 0 bridgehead atoms. The predicted molar refractivity (Wildman–Crippen MR) is 65.7 cm³/mol. The fourth-order valence-corrected chi connectivity index (χ4v) is 2.70. The van der Waals surface area contributed by atoms with E-state index in [1.54, 1.807) is 36.4 Å². The molecule has 3 unspecified atom stereocenters. The van der Waals surface area contributed by atoms with Gasteiger partial charge in [0.1, 0.15) is 0 Å². The molecule has 1 aromatic rings. The number of carbonyl (C=O) groups is 2. The maximum atomic E-state index is 12.3. The number of para-hydroxylation sites is 1. The van der Waals surface area contributed by atoms with Gasteiger partial charge in [-0.1, -0.05) is 30.4 Å². The minimum atomic E-state index is -0.853. The van der Waals surface area contributed by atoms with Crippen molar-refractivity contribution in [3.8, 4) is 0 Å². The number of aliphatic hydroxyl groups excluding tert-OH is 1. The molecule has 3 atom stereocenters. The van der Waals surface area contributed by atoms with Gasteiger partial charge in [-0.3, -0.25) is 9.59 Å². The molecule has 1 saturated heterocycles. The monoisotopic (exact) mass is 243 g/mol. The number of hydrogen-bond acceptors (Lipinski definition) is 3. The average Bonchev–Trinajstić information content (AvgIpc) is 2.64. The van der Waals surface area contributed by atoms with E-state index in [0.29, 0.717) is 12.1 Å². The lowest BCUT2D eigenvalue weighted by Gasteiger charge is -2.21. The Balaban J connectivity index is 2.00. The van der Waals surface area contributed by atoms with E-state index < -0.39 is 17.9 Å². The minimum absolute atomic E-state index is 0.209. The van der Waals surface area contributed by atoms with Gasteiger partial charge in [0.05, 0.1) is 23.6 Å². The molecule has 4 heteroatoms. The van der Waals surface area contributed by atoms with Gasteiger partial charge in [-0.05, 0) is 18.6 Å². The lowest BCUT2D eigenvalue weighted by Crippen LogP contribution is -2.33. The number of allylic oxidation sites excluding steroid dienone is 1. The van der Waals surface area contributed by atoms with Gasteiger partial charge in [0.15, 0.2) is 0 Å². The summed E-state index contributed by atoms with van der Waals surface area (Å²) in [6, 6.07) is 8.86. The molecular weight excluding hydrogens is 230 g/mol. The largest absolute Gasteiger partial charge is 0.388 e. The summed E-state index contributed by atoms with van der Waals surface area (Å²) in [7, 11) is 0. The summed E-state index contributed by atoms with van der Waals surface area (Å²) in [6.07, 6.45) is 3.04. The fraction of sp³-hybridized carbons (Fsp3) is 0.286. The molecule has 0 aromatic heterocycles. The van der Waals surface area contributed by atoms with Gasteiger partial charge in [0.25, 0.3) is 0 Å². The van der Waals surface area contributed by atoms with Crippen LogP contribution in [-0.4, -0.2) is 23.0 Å². The second-order valence-corrected chi connectivity index (χ2v) is 4.63. The van der Waals surface area contributed by atoms with E-state index in [4.69, 9.17) is 0 Å². The van der Waals surface area contributed by atoms with Crippen molar-refractivity contribution in [2.45, 2.75) is 12.5 Å². The van der Waals surface area contributed by atoms with Gasteiger partial charge in [-0.15, -0.1) is 0 Å². The van der Waals surface area contributed by atoms with Crippen LogP contribution in [0.25, 0.3) is 0 Å². The third kappa shape index (κ3) is 1.49. The second-order valence-electron chi connectivity index (χ2n) is 4.63. The number of fused-ring (bicyclic) bond motifs is 1. The van der Waals surface area contributed by atoms with Crippen LogP contribution in [0, 0.1) is 11.8 Å². The highest BCUT2D eigenvalue weighted by Gasteiger charge is 2.51. The molecule has 1 aliphatic carbocycles. The molecule has 2 aliphatic rings. The van der Waals surface area contributed by atoms with E-state index in [0.717, 1.165) is 0 Å². The van der Waals surface area contributed by atoms with E-state index in [9.17, 15) is 14.7 Å². The normalized spacial score (nSPS) is 30.7. The summed E-state index contributed by atoms with van der Waals surface area (Å²) in [4.78, 5) is 25.7. The van der Waals surface area contributed by atoms with E-state index in [1.807, 2.05) is 6.07 Å². The number of aliphatic hydroxyl groups is 1. The van der Waals surface area contributed by atoms with Gasteiger partial charge in [-0.2, -0.15) is 0 Å². The SMILES string of the molecule is O=C1C2CC=CC(O)C2C(=O)N1c1ccccc1. The molecule has 1 fully saturated rings. The number of benzene rings is 1. The van der Waals surface area contributed by atoms with Crippen LogP contribution in [0.5, 0.6) is 0 Å². The zero-order valence-electron chi connectivity index (χ0n) is 9.69. The summed E-state index contributed by atoms with van der Waals surface area (Å²) in [6.45, 7) is 0. The first-order chi connectivity index (χ1) is 8.70. The van der Waals surface area contributed by atoms with Crippen molar-refractivity contribution in [3.63, 3.8) is 0 Å². The van der Waals surface area contributed by atoms with Crippen molar-refractivity contribution in [3.05, 3.63) is 42.5 Å². The Morgan fingerprint density at radius 3 is 2.50 bits per heavy atom. The number of amides is 2. The van der Waals surface area contributed by atoms with E-state index in [-0.39, 0.29) is 11.8 Å². The Bertz CT molecular complexity index is 523. The molecule has 1 N–H and O–H groups in total. The number of hydrogen-bond donors (Lipinski definition) is 1. The van der Waals surface area contributed by atoms with Crippen LogP contribution in [-0.2, 0) is 9.59 Å². The smallest absolute Gasteiger partial charge is 0.240 e. The highest BCUT2D eigenvalue weighted by Crippen LogP contribution is 2.37. The quantitative estimate of drug-likeness (QED) is 0.594. The molecule has 4 nitrogen and oxygen atoms in total. The Kier molecular flexibility index (Phi) is 2.52. The first-order valence-corrected chi connectivity index (χ1v) is 5.98. The van der Waals surface area contributed by atoms with E-state index in [1.165, 1.54) is 4.90 Å². The number of nitrogens with zero attached hydrogens (tertiary/aromatic N) is 1. The topological polar surface area (TPSA) is 57.6 Å². The summed E-state index contributed by atoms with van der Waals surface area (Å²) >= 11 is 0. The molecule has 1 aromatic carbocycles. The van der Waals surface area contributed by atoms with Crippen molar-refractivity contribution in [2.75, 3.05) is 4.90 Å². The van der Waals surface area contributed by atoms with E-state index >= 15 is 0 Å². The molecule has 0 spiro atoms. The Morgan fingerprint density at radius 2 is 1.83 bits per heavy atom. The van der Waals surface area contributed by atoms with Crippen LogP contribution >= 0.6 is 0 Å². The first-order valence-electron chi connectivity index (χ1n) is 5.98. The molecule has 0 radical (unpaired) electrons. The highest BCUT2D eigenvalue weighted by molar-refractivity contribution is 6.22. The van der Waals surface area contributed by atoms with E-state index in [2.05, 4.69) is 0 Å². The summed E-state index contributed by atoms with van der Waals surface area (Å²) in [5.41, 5.74) is 0.578. The molecule has 92 valence electrons. The lowest BCUT2D eigenvalue weighted by molar-refractivity contribution is -0.123. The Morgan fingerprint density at radius 1 is 1.11 bits per heavy atom. The Labute approximate surface area is 105 Å². The maximum absolute atomic E-state index is 12.3. The molecule has 18 heavy (non-hydrogen) atoms. The van der Waals surface area contributed by atoms with Crippen LogP contribution < -0.4 is 4.90 Å². The standard InChI is InChI=1S/C14H13NO3/c16-11-8-4-7-10-12(11)14(18)15(13(10)17)9-5-2-1-3-6-9/h1-6,8,10-12,16H,7H2. The number of rotatable bonds is 1. The van der Waals surface area contributed by atoms with Crippen LogP contribution in [0.2, 0.25) is 0 Å². The van der Waals surface area contributed by atoms with Gasteiger partial charge in [0.2, 0.25) is 11.8 Å². The maximum Gasteiger partial charge on any atom is 0.240 e. The highest BCUT2D eigenvalue weighted by atomic mass is 16.3. The predicted octanol–water partition coefficient (Wildman–Crippen LogP) is 1.11. The fourth-order valence-electron chi connectivity index (χ4n) is 2.70. The molecule has 1 aliphatic heterocycles. The zero-order valence-corrected chi connectivity index (χ0v) is 9.69. The number of carbonyl (C=O) groups excluding carboxylic acids is 2. The number of imide groups is 1. The van der Waals surface area contributed by atoms with Crippen molar-refractivity contribution >= 4 is 17.5 Å². The van der Waals surface area contributed by atoms with Crippen molar-refractivity contribution in [1.82, 2.24) is 0 Å². The summed E-state index contributed by atoms with van der Waals surface area (Å²) in [5, 5.41) is 9.85. The van der Waals surface area contributed by atoms with Gasteiger partial charge in [-0.25, -0.2) is 4.90 Å². The van der Waals surface area contributed by atoms with Crippen LogP contribution in [0.4, 0.5) is 5.69 Å². The summed E-state index contributed by atoms with van der Waals surface area (Å²) in [5.74, 6) is -1.55. The number of anilines is 1. The van der Waals surface area contributed by atoms with Crippen LogP contribution in [0.15, 0.2) is 42.5 Å². The minimum Gasteiger partial charge on any atom is -0.388 e.